The molecule has 0 fully saturated rings. The zero-order chi connectivity index (χ0) is 16.2. The summed E-state index contributed by atoms with van der Waals surface area (Å²) >= 11 is 6.21. The van der Waals surface area contributed by atoms with Gasteiger partial charge in [0.1, 0.15) is 6.04 Å². The lowest BCUT2D eigenvalue weighted by Gasteiger charge is -2.14. The van der Waals surface area contributed by atoms with Crippen LogP contribution in [0.2, 0.25) is 0 Å². The minimum atomic E-state index is -4.13. The smallest absolute Gasteiger partial charge is 0.322 e. The number of carbonyl (C=O) groups is 2. The van der Waals surface area contributed by atoms with Crippen molar-refractivity contribution in [1.29, 1.82) is 0 Å². The Kier molecular flexibility index (Phi) is 6.32. The summed E-state index contributed by atoms with van der Waals surface area (Å²) in [5, 5.41) is 9.00. The van der Waals surface area contributed by atoms with E-state index in [1.807, 2.05) is 4.72 Å². The number of benzene rings is 1. The summed E-state index contributed by atoms with van der Waals surface area (Å²) in [4.78, 5) is 22.0. The van der Waals surface area contributed by atoms with E-state index in [9.17, 15) is 18.0 Å². The summed E-state index contributed by atoms with van der Waals surface area (Å²) in [5.74, 6) is -2.31. The van der Waals surface area contributed by atoms with Gasteiger partial charge in [0.15, 0.2) is 0 Å². The highest BCUT2D eigenvalue weighted by Crippen LogP contribution is 2.25. The summed E-state index contributed by atoms with van der Waals surface area (Å²) in [7, 11) is -3.04. The van der Waals surface area contributed by atoms with Gasteiger partial charge in [-0.15, -0.1) is 0 Å². The van der Waals surface area contributed by atoms with Crippen LogP contribution in [0.4, 0.5) is 0 Å². The van der Waals surface area contributed by atoms with Crippen molar-refractivity contribution in [3.05, 3.63) is 27.1 Å². The van der Waals surface area contributed by atoms with E-state index >= 15 is 0 Å². The summed E-state index contributed by atoms with van der Waals surface area (Å²) in [6, 6.07) is 2.80. The number of hydrogen-bond donors (Lipinski definition) is 2. The van der Waals surface area contributed by atoms with Crippen LogP contribution in [0.1, 0.15) is 6.42 Å². The molecule has 0 bridgehead atoms. The standard InChI is InChI=1S/C11H11Br2NO6S/c1-20-10(15)5-8(11(16)17)14-21(18,19)9-4-6(12)2-3-7(9)13/h2-4,8,14H,5H2,1H3,(H,16,17)/t8-/m0/s1. The molecule has 0 saturated carbocycles. The van der Waals surface area contributed by atoms with Gasteiger partial charge in [0, 0.05) is 8.95 Å². The van der Waals surface area contributed by atoms with Crippen molar-refractivity contribution in [3.8, 4) is 0 Å². The SMILES string of the molecule is COC(=O)C[C@H](NS(=O)(=O)c1cc(Br)ccc1Br)C(=O)O. The van der Waals surface area contributed by atoms with Crippen LogP contribution in [0.5, 0.6) is 0 Å². The summed E-state index contributed by atoms with van der Waals surface area (Å²) in [6.45, 7) is 0. The zero-order valence-corrected chi connectivity index (χ0v) is 14.7. The maximum atomic E-state index is 12.2. The third-order valence-electron chi connectivity index (χ3n) is 2.38. The van der Waals surface area contributed by atoms with Crippen molar-refractivity contribution in [2.75, 3.05) is 7.11 Å². The van der Waals surface area contributed by atoms with E-state index in [-0.39, 0.29) is 9.37 Å². The number of hydrogen-bond acceptors (Lipinski definition) is 5. The van der Waals surface area contributed by atoms with E-state index in [1.165, 1.54) is 12.1 Å². The number of esters is 1. The van der Waals surface area contributed by atoms with E-state index in [1.54, 1.807) is 6.07 Å². The van der Waals surface area contributed by atoms with Gasteiger partial charge < -0.3 is 9.84 Å². The number of carboxylic acids is 1. The normalized spacial score (nSPS) is 12.7. The van der Waals surface area contributed by atoms with Crippen molar-refractivity contribution in [3.63, 3.8) is 0 Å². The highest BCUT2D eigenvalue weighted by Gasteiger charge is 2.29. The van der Waals surface area contributed by atoms with Gasteiger partial charge in [-0.25, -0.2) is 8.42 Å². The topological polar surface area (TPSA) is 110 Å². The number of sulfonamides is 1. The van der Waals surface area contributed by atoms with Gasteiger partial charge >= 0.3 is 11.9 Å². The molecule has 1 rings (SSSR count). The number of methoxy groups -OCH3 is 1. The Hall–Kier alpha value is -0.970. The summed E-state index contributed by atoms with van der Waals surface area (Å²) in [6.07, 6.45) is -0.614. The van der Waals surface area contributed by atoms with Crippen LogP contribution in [0, 0.1) is 0 Å². The molecule has 0 unspecified atom stereocenters. The molecule has 0 heterocycles. The van der Waals surface area contributed by atoms with Crippen molar-refractivity contribution in [1.82, 2.24) is 4.72 Å². The van der Waals surface area contributed by atoms with Gasteiger partial charge in [0.05, 0.1) is 18.4 Å². The average Bonchev–Trinajstić information content (AvgIpc) is 2.40. The molecule has 1 aromatic rings. The molecule has 0 spiro atoms. The van der Waals surface area contributed by atoms with Crippen molar-refractivity contribution >= 4 is 53.8 Å². The third kappa shape index (κ3) is 5.06. The highest BCUT2D eigenvalue weighted by molar-refractivity contribution is 9.11. The molecule has 7 nitrogen and oxygen atoms in total. The molecule has 1 atom stereocenters. The number of rotatable bonds is 6. The fourth-order valence-corrected chi connectivity index (χ4v) is 4.05. The average molecular weight is 445 g/mol. The van der Waals surface area contributed by atoms with Gasteiger partial charge in [0.25, 0.3) is 0 Å². The second kappa shape index (κ2) is 7.34. The lowest BCUT2D eigenvalue weighted by Crippen LogP contribution is -2.42. The van der Waals surface area contributed by atoms with Gasteiger partial charge in [-0.1, -0.05) is 15.9 Å². The molecule has 0 aromatic heterocycles. The van der Waals surface area contributed by atoms with Crippen LogP contribution in [-0.2, 0) is 24.3 Å². The first-order valence-corrected chi connectivity index (χ1v) is 8.51. The van der Waals surface area contributed by atoms with Gasteiger partial charge in [0.2, 0.25) is 10.0 Å². The molecule has 0 aliphatic rings. The maximum absolute atomic E-state index is 12.2. The molecule has 116 valence electrons. The Labute approximate surface area is 138 Å². The predicted molar refractivity (Wildman–Crippen MR) is 80.2 cm³/mol. The minimum absolute atomic E-state index is 0.145. The van der Waals surface area contributed by atoms with Crippen LogP contribution in [-0.4, -0.2) is 38.6 Å². The zero-order valence-electron chi connectivity index (χ0n) is 10.7. The van der Waals surface area contributed by atoms with E-state index in [0.29, 0.717) is 4.47 Å². The highest BCUT2D eigenvalue weighted by atomic mass is 79.9. The lowest BCUT2D eigenvalue weighted by atomic mass is 10.2. The van der Waals surface area contributed by atoms with E-state index in [2.05, 4.69) is 36.6 Å². The number of aliphatic carboxylic acids is 1. The van der Waals surface area contributed by atoms with Gasteiger partial charge in [-0.3, -0.25) is 9.59 Å². The molecule has 0 saturated heterocycles. The first-order chi connectivity index (χ1) is 9.67. The quantitative estimate of drug-likeness (QED) is 0.643. The van der Waals surface area contributed by atoms with Gasteiger partial charge in [-0.05, 0) is 34.1 Å². The van der Waals surface area contributed by atoms with Gasteiger partial charge in [-0.2, -0.15) is 4.72 Å². The Morgan fingerprint density at radius 1 is 1.38 bits per heavy atom. The molecule has 2 N–H and O–H groups in total. The maximum Gasteiger partial charge on any atom is 0.322 e. The molecule has 10 heteroatoms. The number of nitrogens with one attached hydrogen (secondary N) is 1. The molecule has 0 amide bonds. The molecular weight excluding hydrogens is 434 g/mol. The lowest BCUT2D eigenvalue weighted by molar-refractivity contribution is -0.147. The number of ether oxygens (including phenoxy) is 1. The van der Waals surface area contributed by atoms with Crippen molar-refractivity contribution in [2.45, 2.75) is 17.4 Å². The number of halogens is 2. The summed E-state index contributed by atoms with van der Waals surface area (Å²) < 4.78 is 31.5. The fraction of sp³-hybridized carbons (Fsp3) is 0.273. The first-order valence-electron chi connectivity index (χ1n) is 5.44. The van der Waals surface area contributed by atoms with Crippen LogP contribution >= 0.6 is 31.9 Å². The molecule has 0 radical (unpaired) electrons. The Bertz CT molecular complexity index is 661. The molecule has 1 aromatic carbocycles. The van der Waals surface area contributed by atoms with Crippen LogP contribution in [0.3, 0.4) is 0 Å². The molecule has 0 aliphatic heterocycles. The van der Waals surface area contributed by atoms with Crippen LogP contribution in [0.25, 0.3) is 0 Å². The Balaban J connectivity index is 3.09. The second-order valence-corrected chi connectivity index (χ2v) is 7.32. The first kappa shape index (κ1) is 18.1. The Morgan fingerprint density at radius 3 is 2.52 bits per heavy atom. The minimum Gasteiger partial charge on any atom is -0.480 e. The van der Waals surface area contributed by atoms with E-state index in [4.69, 9.17) is 5.11 Å². The van der Waals surface area contributed by atoms with Crippen molar-refractivity contribution in [2.24, 2.45) is 0 Å². The number of carbonyl (C=O) groups excluding carboxylic acids is 1. The molecular formula is C11H11Br2NO6S. The monoisotopic (exact) mass is 443 g/mol. The molecule has 0 aliphatic carbocycles. The summed E-state index contributed by atoms with van der Waals surface area (Å²) in [5.41, 5.74) is 0. The van der Waals surface area contributed by atoms with Crippen molar-refractivity contribution < 1.29 is 27.9 Å². The Morgan fingerprint density at radius 2 is 2.00 bits per heavy atom. The fourth-order valence-electron chi connectivity index (χ4n) is 1.36. The third-order valence-corrected chi connectivity index (χ3v) is 5.34. The largest absolute Gasteiger partial charge is 0.480 e. The second-order valence-electron chi connectivity index (χ2n) is 3.87. The predicted octanol–water partition coefficient (Wildman–Crippen LogP) is 1.51. The van der Waals surface area contributed by atoms with Crippen LogP contribution < -0.4 is 4.72 Å². The number of carboxylic acid groups (broad SMARTS) is 1. The molecule has 21 heavy (non-hydrogen) atoms. The van der Waals surface area contributed by atoms with Crippen LogP contribution in [0.15, 0.2) is 32.0 Å². The van der Waals surface area contributed by atoms with E-state index < -0.39 is 34.4 Å². The van der Waals surface area contributed by atoms with E-state index in [0.717, 1.165) is 7.11 Å².